The first kappa shape index (κ1) is 18.8. The number of benzene rings is 2. The third-order valence-corrected chi connectivity index (χ3v) is 3.98. The van der Waals surface area contributed by atoms with Crippen LogP contribution in [-0.2, 0) is 16.0 Å². The smallest absolute Gasteiger partial charge is 0.240 e. The van der Waals surface area contributed by atoms with Crippen molar-refractivity contribution in [2.75, 3.05) is 25.1 Å². The summed E-state index contributed by atoms with van der Waals surface area (Å²) in [4.78, 5) is 25.4. The van der Waals surface area contributed by atoms with Crippen LogP contribution in [0.3, 0.4) is 0 Å². The monoisotopic (exact) mass is 360 g/mol. The van der Waals surface area contributed by atoms with Crippen LogP contribution in [0.25, 0.3) is 0 Å². The Morgan fingerprint density at radius 3 is 2.44 bits per heavy atom. The van der Waals surface area contributed by atoms with Crippen molar-refractivity contribution < 1.29 is 14.3 Å². The highest BCUT2D eigenvalue weighted by atomic mass is 35.5. The standard InChI is InChI=1S/C19H21ClN2O3/c1-14(23)22(17-9-7-16(20)8-10-17)13-19(24)21-12-11-15-5-3-4-6-18(15)25-2/h3-10H,11-13H2,1-2H3,(H,21,24). The molecule has 2 rings (SSSR count). The number of nitrogens with zero attached hydrogens (tertiary/aromatic N) is 1. The molecule has 0 saturated carbocycles. The molecule has 0 aliphatic carbocycles. The van der Waals surface area contributed by atoms with Crippen molar-refractivity contribution in [3.8, 4) is 5.75 Å². The second-order valence-electron chi connectivity index (χ2n) is 5.49. The maximum atomic E-state index is 12.2. The number of halogens is 1. The summed E-state index contributed by atoms with van der Waals surface area (Å²) in [5, 5.41) is 3.41. The zero-order chi connectivity index (χ0) is 18.2. The van der Waals surface area contributed by atoms with E-state index in [1.807, 2.05) is 24.3 Å². The third-order valence-electron chi connectivity index (χ3n) is 3.73. The molecule has 0 saturated heterocycles. The zero-order valence-corrected chi connectivity index (χ0v) is 15.0. The highest BCUT2D eigenvalue weighted by Gasteiger charge is 2.15. The van der Waals surface area contributed by atoms with Crippen molar-refractivity contribution in [2.45, 2.75) is 13.3 Å². The van der Waals surface area contributed by atoms with Gasteiger partial charge in [0.05, 0.1) is 7.11 Å². The Kier molecular flexibility index (Phi) is 6.83. The second-order valence-corrected chi connectivity index (χ2v) is 5.93. The number of nitrogens with one attached hydrogen (secondary N) is 1. The molecule has 0 bridgehead atoms. The van der Waals surface area contributed by atoms with Crippen LogP contribution in [0.4, 0.5) is 5.69 Å². The van der Waals surface area contributed by atoms with E-state index in [2.05, 4.69) is 5.32 Å². The molecular weight excluding hydrogens is 340 g/mol. The van der Waals surface area contributed by atoms with Gasteiger partial charge in [-0.25, -0.2) is 0 Å². The molecule has 132 valence electrons. The van der Waals surface area contributed by atoms with E-state index in [-0.39, 0.29) is 18.4 Å². The lowest BCUT2D eigenvalue weighted by Gasteiger charge is -2.20. The number of carbonyl (C=O) groups is 2. The fourth-order valence-electron chi connectivity index (χ4n) is 2.45. The second kappa shape index (κ2) is 9.08. The molecule has 2 aromatic rings. The Morgan fingerprint density at radius 2 is 1.80 bits per heavy atom. The molecule has 25 heavy (non-hydrogen) atoms. The molecule has 0 aliphatic rings. The third kappa shape index (κ3) is 5.50. The number of rotatable bonds is 7. The lowest BCUT2D eigenvalue weighted by Crippen LogP contribution is -2.40. The highest BCUT2D eigenvalue weighted by molar-refractivity contribution is 6.30. The van der Waals surface area contributed by atoms with Crippen molar-refractivity contribution in [3.63, 3.8) is 0 Å². The Balaban J connectivity index is 1.91. The van der Waals surface area contributed by atoms with Crippen LogP contribution in [0.2, 0.25) is 5.02 Å². The van der Waals surface area contributed by atoms with Crippen LogP contribution in [0.1, 0.15) is 12.5 Å². The molecule has 6 heteroatoms. The Hall–Kier alpha value is -2.53. The Morgan fingerprint density at radius 1 is 1.12 bits per heavy atom. The molecule has 0 unspecified atom stereocenters. The predicted molar refractivity (Wildman–Crippen MR) is 99.2 cm³/mol. The molecule has 0 aliphatic heterocycles. The number of amides is 2. The number of ether oxygens (including phenoxy) is 1. The summed E-state index contributed by atoms with van der Waals surface area (Å²) in [5.74, 6) is 0.366. The fourth-order valence-corrected chi connectivity index (χ4v) is 2.58. The van der Waals surface area contributed by atoms with Gasteiger partial charge in [0.25, 0.3) is 0 Å². The summed E-state index contributed by atoms with van der Waals surface area (Å²) in [5.41, 5.74) is 1.66. The van der Waals surface area contributed by atoms with Gasteiger partial charge in [-0.15, -0.1) is 0 Å². The first-order valence-electron chi connectivity index (χ1n) is 7.93. The number of methoxy groups -OCH3 is 1. The number of carbonyl (C=O) groups excluding carboxylic acids is 2. The number of hydrogen-bond donors (Lipinski definition) is 1. The topological polar surface area (TPSA) is 58.6 Å². The molecule has 5 nitrogen and oxygen atoms in total. The SMILES string of the molecule is COc1ccccc1CCNC(=O)CN(C(C)=O)c1ccc(Cl)cc1. The van der Waals surface area contributed by atoms with E-state index >= 15 is 0 Å². The fraction of sp³-hybridized carbons (Fsp3) is 0.263. The van der Waals surface area contributed by atoms with Gasteiger partial charge in [-0.3, -0.25) is 9.59 Å². The van der Waals surface area contributed by atoms with Gasteiger partial charge in [-0.2, -0.15) is 0 Å². The van der Waals surface area contributed by atoms with Crippen molar-refractivity contribution in [1.82, 2.24) is 5.32 Å². The van der Waals surface area contributed by atoms with Gasteiger partial charge in [0.2, 0.25) is 11.8 Å². The predicted octanol–water partition coefficient (Wildman–Crippen LogP) is 3.06. The van der Waals surface area contributed by atoms with Gasteiger partial charge in [-0.1, -0.05) is 29.8 Å². The average Bonchev–Trinajstić information content (AvgIpc) is 2.61. The average molecular weight is 361 g/mol. The molecule has 1 N–H and O–H groups in total. The number of anilines is 1. The largest absolute Gasteiger partial charge is 0.496 e. The molecule has 0 fully saturated rings. The molecule has 2 amide bonds. The first-order chi connectivity index (χ1) is 12.0. The van der Waals surface area contributed by atoms with Crippen molar-refractivity contribution >= 4 is 29.1 Å². The van der Waals surface area contributed by atoms with Crippen LogP contribution in [-0.4, -0.2) is 32.0 Å². The highest BCUT2D eigenvalue weighted by Crippen LogP contribution is 2.18. The molecule has 0 aromatic heterocycles. The van der Waals surface area contributed by atoms with Gasteiger partial charge >= 0.3 is 0 Å². The number of hydrogen-bond acceptors (Lipinski definition) is 3. The van der Waals surface area contributed by atoms with Crippen molar-refractivity contribution in [1.29, 1.82) is 0 Å². The minimum Gasteiger partial charge on any atom is -0.496 e. The van der Waals surface area contributed by atoms with Crippen LogP contribution >= 0.6 is 11.6 Å². The minimum absolute atomic E-state index is 0.0388. The first-order valence-corrected chi connectivity index (χ1v) is 8.31. The quantitative estimate of drug-likeness (QED) is 0.825. The van der Waals surface area contributed by atoms with Crippen molar-refractivity contribution in [3.05, 3.63) is 59.1 Å². The van der Waals surface area contributed by atoms with E-state index in [9.17, 15) is 9.59 Å². The summed E-state index contributed by atoms with van der Waals surface area (Å²) in [6.07, 6.45) is 0.650. The molecular formula is C19H21ClN2O3. The van der Waals surface area contributed by atoms with Gasteiger partial charge in [0.15, 0.2) is 0 Å². The van der Waals surface area contributed by atoms with E-state index in [4.69, 9.17) is 16.3 Å². The zero-order valence-electron chi connectivity index (χ0n) is 14.3. The number of para-hydroxylation sites is 1. The Bertz CT molecular complexity index is 732. The van der Waals surface area contributed by atoms with Crippen LogP contribution in [0.15, 0.2) is 48.5 Å². The summed E-state index contributed by atoms with van der Waals surface area (Å²) >= 11 is 5.86. The summed E-state index contributed by atoms with van der Waals surface area (Å²) < 4.78 is 5.29. The van der Waals surface area contributed by atoms with Gasteiger partial charge in [0, 0.05) is 24.2 Å². The molecule has 0 spiro atoms. The van der Waals surface area contributed by atoms with Gasteiger partial charge in [-0.05, 0) is 42.3 Å². The molecule has 2 aromatic carbocycles. The molecule has 0 atom stereocenters. The van der Waals surface area contributed by atoms with E-state index in [0.29, 0.717) is 23.7 Å². The van der Waals surface area contributed by atoms with E-state index in [0.717, 1.165) is 11.3 Å². The van der Waals surface area contributed by atoms with Crippen LogP contribution < -0.4 is 15.0 Å². The van der Waals surface area contributed by atoms with Gasteiger partial charge < -0.3 is 15.0 Å². The molecule has 0 radical (unpaired) electrons. The van der Waals surface area contributed by atoms with Crippen LogP contribution in [0.5, 0.6) is 5.75 Å². The summed E-state index contributed by atoms with van der Waals surface area (Å²) in [7, 11) is 1.62. The normalized spacial score (nSPS) is 10.2. The Labute approximate surface area is 152 Å². The van der Waals surface area contributed by atoms with E-state index < -0.39 is 0 Å². The maximum absolute atomic E-state index is 12.2. The van der Waals surface area contributed by atoms with Crippen LogP contribution in [0, 0.1) is 0 Å². The summed E-state index contributed by atoms with van der Waals surface area (Å²) in [6.45, 7) is 1.85. The minimum atomic E-state index is -0.222. The lowest BCUT2D eigenvalue weighted by atomic mass is 10.1. The van der Waals surface area contributed by atoms with Crippen molar-refractivity contribution in [2.24, 2.45) is 0 Å². The van der Waals surface area contributed by atoms with E-state index in [1.54, 1.807) is 31.4 Å². The maximum Gasteiger partial charge on any atom is 0.240 e. The molecule has 0 heterocycles. The lowest BCUT2D eigenvalue weighted by molar-refractivity contribution is -0.123. The van der Waals surface area contributed by atoms with Gasteiger partial charge in [0.1, 0.15) is 12.3 Å². The summed E-state index contributed by atoms with van der Waals surface area (Å²) in [6, 6.07) is 14.5. The van der Waals surface area contributed by atoms with E-state index in [1.165, 1.54) is 11.8 Å².